The SMILES string of the molecule is C=C(C)C(=O)OC(P)PC(=O)CC.C=C(C)C(=O)OCOCC.N. The van der Waals surface area contributed by atoms with Crippen molar-refractivity contribution in [2.45, 2.75) is 39.7 Å². The normalized spacial score (nSPS) is 10.7. The van der Waals surface area contributed by atoms with E-state index >= 15 is 0 Å². The van der Waals surface area contributed by atoms with E-state index in [1.54, 1.807) is 20.8 Å². The summed E-state index contributed by atoms with van der Waals surface area (Å²) in [5, 5.41) is 0. The van der Waals surface area contributed by atoms with Gasteiger partial charge in [-0.2, -0.15) is 0 Å². The molecule has 0 radical (unpaired) electrons. The average Bonchev–Trinajstić information content (AvgIpc) is 2.47. The molecule has 0 spiro atoms. The third kappa shape index (κ3) is 17.2. The lowest BCUT2D eigenvalue weighted by Crippen LogP contribution is -2.10. The van der Waals surface area contributed by atoms with Gasteiger partial charge < -0.3 is 20.4 Å². The van der Waals surface area contributed by atoms with Crippen LogP contribution < -0.4 is 6.15 Å². The molecule has 0 saturated carbocycles. The molecule has 3 unspecified atom stereocenters. The van der Waals surface area contributed by atoms with Crippen LogP contribution in [0.25, 0.3) is 0 Å². The van der Waals surface area contributed by atoms with Crippen LogP contribution in [0.5, 0.6) is 0 Å². The quantitative estimate of drug-likeness (QED) is 0.214. The van der Waals surface area contributed by atoms with Crippen LogP contribution in [-0.2, 0) is 28.6 Å². The van der Waals surface area contributed by atoms with Crippen LogP contribution in [0.2, 0.25) is 0 Å². The van der Waals surface area contributed by atoms with E-state index in [9.17, 15) is 14.4 Å². The number of hydrogen-bond acceptors (Lipinski definition) is 7. The van der Waals surface area contributed by atoms with Crippen molar-refractivity contribution in [2.24, 2.45) is 0 Å². The van der Waals surface area contributed by atoms with Crippen molar-refractivity contribution >= 4 is 35.3 Å². The van der Waals surface area contributed by atoms with Gasteiger partial charge in [0, 0.05) is 24.2 Å². The van der Waals surface area contributed by atoms with Gasteiger partial charge in [-0.3, -0.25) is 4.79 Å². The summed E-state index contributed by atoms with van der Waals surface area (Å²) in [6, 6.07) is 0. The summed E-state index contributed by atoms with van der Waals surface area (Å²) >= 11 is 0. The van der Waals surface area contributed by atoms with Gasteiger partial charge in [0.1, 0.15) is 5.59 Å². The maximum atomic E-state index is 11.0. The fraction of sp³-hybridized carbons (Fsp3) is 0.533. The highest BCUT2D eigenvalue weighted by molar-refractivity contribution is 7.64. The standard InChI is InChI=1S/C8H14O3P2.C7H12O3.H3N/c1-4-6(9)13-8(12)11-7(10)5(2)3;1-4-9-5-10-7(8)6(2)3;/h8,13H,2,4,12H2,1,3H3;2,4-5H2,1,3H3;1H3. The highest BCUT2D eigenvalue weighted by atomic mass is 31.1. The minimum atomic E-state index is -0.448. The molecule has 0 aromatic carbocycles. The maximum absolute atomic E-state index is 11.0. The Labute approximate surface area is 148 Å². The summed E-state index contributed by atoms with van der Waals surface area (Å²) in [4.78, 5) is 32.6. The first-order chi connectivity index (χ1) is 10.6. The van der Waals surface area contributed by atoms with E-state index in [0.717, 1.165) is 0 Å². The molecule has 9 heteroatoms. The topological polar surface area (TPSA) is 114 Å². The number of ether oxygens (including phenoxy) is 3. The first-order valence-electron chi connectivity index (χ1n) is 6.97. The fourth-order valence-corrected chi connectivity index (χ4v) is 2.18. The zero-order valence-corrected chi connectivity index (χ0v) is 17.0. The predicted octanol–water partition coefficient (Wildman–Crippen LogP) is 3.14. The van der Waals surface area contributed by atoms with E-state index < -0.39 is 17.5 Å². The van der Waals surface area contributed by atoms with Gasteiger partial charge in [0.15, 0.2) is 12.3 Å². The Hall–Kier alpha value is -1.13. The van der Waals surface area contributed by atoms with Gasteiger partial charge >= 0.3 is 11.9 Å². The second-order valence-corrected chi connectivity index (χ2v) is 7.04. The Bertz CT molecular complexity index is 440. The number of esters is 2. The Kier molecular flexibility index (Phi) is 19.3. The zero-order valence-electron chi connectivity index (χ0n) is 14.8. The Morgan fingerprint density at radius 3 is 1.96 bits per heavy atom. The van der Waals surface area contributed by atoms with Crippen LogP contribution in [-0.4, -0.2) is 36.4 Å². The molecule has 0 amide bonds. The van der Waals surface area contributed by atoms with Crippen LogP contribution in [0.4, 0.5) is 0 Å². The van der Waals surface area contributed by atoms with Crippen molar-refractivity contribution in [3.8, 4) is 0 Å². The highest BCUT2D eigenvalue weighted by Gasteiger charge is 2.12. The second-order valence-electron chi connectivity index (χ2n) is 4.35. The van der Waals surface area contributed by atoms with Gasteiger partial charge in [0.05, 0.1) is 0 Å². The lowest BCUT2D eigenvalue weighted by atomic mass is 10.4. The molecular weight excluding hydrogens is 352 g/mol. The summed E-state index contributed by atoms with van der Waals surface area (Å²) in [7, 11) is 2.33. The molecule has 0 saturated heterocycles. The highest BCUT2D eigenvalue weighted by Crippen LogP contribution is 2.28. The number of rotatable bonds is 9. The van der Waals surface area contributed by atoms with Crippen LogP contribution in [0, 0.1) is 0 Å². The molecule has 140 valence electrons. The molecule has 24 heavy (non-hydrogen) atoms. The van der Waals surface area contributed by atoms with Gasteiger partial charge in [-0.05, 0) is 29.4 Å². The molecule has 0 aliphatic heterocycles. The molecule has 0 heterocycles. The van der Waals surface area contributed by atoms with E-state index in [-0.39, 0.29) is 27.0 Å². The van der Waals surface area contributed by atoms with Gasteiger partial charge in [-0.1, -0.05) is 29.3 Å². The first-order valence-corrected chi connectivity index (χ1v) is 8.71. The van der Waals surface area contributed by atoms with Crippen molar-refractivity contribution in [1.29, 1.82) is 0 Å². The Morgan fingerprint density at radius 2 is 1.58 bits per heavy atom. The minimum absolute atomic E-state index is 0. The Balaban J connectivity index is -0.000000364. The van der Waals surface area contributed by atoms with Crippen molar-refractivity contribution in [2.75, 3.05) is 13.4 Å². The van der Waals surface area contributed by atoms with Gasteiger partial charge in [0.25, 0.3) is 0 Å². The molecule has 0 rings (SSSR count). The molecule has 0 aromatic rings. The van der Waals surface area contributed by atoms with Crippen LogP contribution in [0.15, 0.2) is 24.3 Å². The summed E-state index contributed by atoms with van der Waals surface area (Å²) in [6.45, 7) is 14.2. The summed E-state index contributed by atoms with van der Waals surface area (Å²) in [5.41, 5.74) is 0.437. The average molecular weight is 381 g/mol. The van der Waals surface area contributed by atoms with Gasteiger partial charge in [0.2, 0.25) is 0 Å². The van der Waals surface area contributed by atoms with Crippen molar-refractivity contribution in [3.05, 3.63) is 24.3 Å². The lowest BCUT2D eigenvalue weighted by Gasteiger charge is -2.11. The largest absolute Gasteiger partial charge is 0.450 e. The molecule has 0 fully saturated rings. The van der Waals surface area contributed by atoms with Crippen molar-refractivity contribution in [3.63, 3.8) is 0 Å². The van der Waals surface area contributed by atoms with Gasteiger partial charge in [-0.15, -0.1) is 0 Å². The lowest BCUT2D eigenvalue weighted by molar-refractivity contribution is -0.151. The van der Waals surface area contributed by atoms with E-state index in [1.165, 1.54) is 0 Å². The minimum Gasteiger partial charge on any atom is -0.450 e. The van der Waals surface area contributed by atoms with E-state index in [2.05, 4.69) is 27.1 Å². The van der Waals surface area contributed by atoms with Crippen LogP contribution in [0.1, 0.15) is 34.1 Å². The van der Waals surface area contributed by atoms with Crippen LogP contribution in [0.3, 0.4) is 0 Å². The monoisotopic (exact) mass is 381 g/mol. The molecule has 3 N–H and O–H groups in total. The van der Waals surface area contributed by atoms with E-state index in [0.29, 0.717) is 24.2 Å². The molecule has 0 bridgehead atoms. The third-order valence-electron chi connectivity index (χ3n) is 2.03. The molecule has 0 aliphatic rings. The summed E-state index contributed by atoms with van der Waals surface area (Å²) in [5.74, 6) is -0.857. The zero-order chi connectivity index (χ0) is 18.4. The number of carbonyl (C=O) groups is 3. The molecular formula is C15H29NO6P2. The van der Waals surface area contributed by atoms with Crippen LogP contribution >= 0.6 is 17.8 Å². The summed E-state index contributed by atoms with van der Waals surface area (Å²) in [6.07, 6.45) is 0.480. The molecule has 0 aromatic heterocycles. The van der Waals surface area contributed by atoms with Crippen molar-refractivity contribution < 1.29 is 28.6 Å². The maximum Gasteiger partial charge on any atom is 0.335 e. The number of carbonyl (C=O) groups excluding carboxylic acids is 3. The first kappa shape index (κ1) is 27.7. The summed E-state index contributed by atoms with van der Waals surface area (Å²) < 4.78 is 14.3. The van der Waals surface area contributed by atoms with Gasteiger partial charge in [-0.25, -0.2) is 9.59 Å². The smallest absolute Gasteiger partial charge is 0.335 e. The fourth-order valence-electron chi connectivity index (χ4n) is 0.808. The predicted molar refractivity (Wildman–Crippen MR) is 100 cm³/mol. The number of hydrogen-bond donors (Lipinski definition) is 1. The van der Waals surface area contributed by atoms with E-state index in [1.807, 2.05) is 6.92 Å². The Morgan fingerprint density at radius 1 is 1.08 bits per heavy atom. The molecule has 3 atom stereocenters. The molecule has 7 nitrogen and oxygen atoms in total. The third-order valence-corrected chi connectivity index (χ3v) is 3.75. The van der Waals surface area contributed by atoms with Crippen molar-refractivity contribution in [1.82, 2.24) is 6.15 Å². The second kappa shape index (κ2) is 16.7. The molecule has 0 aliphatic carbocycles. The van der Waals surface area contributed by atoms with E-state index in [4.69, 9.17) is 9.47 Å².